The second-order valence-corrected chi connectivity index (χ2v) is 6.82. The molecule has 0 saturated heterocycles. The topological polar surface area (TPSA) is 29.3 Å². The molecule has 1 aromatic rings. The van der Waals surface area contributed by atoms with Crippen molar-refractivity contribution in [2.24, 2.45) is 11.1 Å². The summed E-state index contributed by atoms with van der Waals surface area (Å²) in [4.78, 5) is 2.33. The second-order valence-electron chi connectivity index (χ2n) is 5.97. The number of hydrogen-bond donors (Lipinski definition) is 1. The molecular weight excluding hydrogens is 288 g/mol. The highest BCUT2D eigenvalue weighted by Crippen LogP contribution is 2.30. The summed E-state index contributed by atoms with van der Waals surface area (Å²) in [6.45, 7) is 9.76. The SMILES string of the molecule is CC(N(C)c1ccc(CCN)c(Br)c1)C(C)(C)C. The first-order valence-electron chi connectivity index (χ1n) is 6.48. The zero-order chi connectivity index (χ0) is 13.9. The van der Waals surface area contributed by atoms with Gasteiger partial charge in [-0.2, -0.15) is 0 Å². The summed E-state index contributed by atoms with van der Waals surface area (Å²) in [5, 5.41) is 0. The van der Waals surface area contributed by atoms with Gasteiger partial charge in [0.05, 0.1) is 0 Å². The molecule has 0 aliphatic rings. The lowest BCUT2D eigenvalue weighted by molar-refractivity contribution is 0.330. The Morgan fingerprint density at radius 1 is 1.33 bits per heavy atom. The zero-order valence-corrected chi connectivity index (χ0v) is 13.7. The molecule has 2 N–H and O–H groups in total. The van der Waals surface area contributed by atoms with Crippen LogP contribution in [0.1, 0.15) is 33.3 Å². The number of benzene rings is 1. The first-order valence-corrected chi connectivity index (χ1v) is 7.28. The van der Waals surface area contributed by atoms with E-state index in [1.807, 2.05) is 0 Å². The Kier molecular flexibility index (Phi) is 5.23. The minimum Gasteiger partial charge on any atom is -0.371 e. The Bertz CT molecular complexity index is 396. The Morgan fingerprint density at radius 2 is 1.94 bits per heavy atom. The molecule has 102 valence electrons. The summed E-state index contributed by atoms with van der Waals surface area (Å²) in [5.41, 5.74) is 8.38. The predicted octanol–water partition coefficient (Wildman–Crippen LogP) is 3.82. The highest BCUT2D eigenvalue weighted by atomic mass is 79.9. The number of rotatable bonds is 4. The normalized spacial score (nSPS) is 13.5. The molecule has 3 heteroatoms. The Morgan fingerprint density at radius 3 is 2.39 bits per heavy atom. The average Bonchev–Trinajstić information content (AvgIpc) is 2.29. The van der Waals surface area contributed by atoms with E-state index in [-0.39, 0.29) is 5.41 Å². The predicted molar refractivity (Wildman–Crippen MR) is 84.2 cm³/mol. The average molecular weight is 313 g/mol. The van der Waals surface area contributed by atoms with Crippen molar-refractivity contribution >= 4 is 21.6 Å². The first kappa shape index (κ1) is 15.5. The lowest BCUT2D eigenvalue weighted by atomic mass is 9.87. The van der Waals surface area contributed by atoms with Crippen molar-refractivity contribution in [2.45, 2.75) is 40.2 Å². The molecule has 0 heterocycles. The van der Waals surface area contributed by atoms with Crippen LogP contribution >= 0.6 is 15.9 Å². The van der Waals surface area contributed by atoms with Crippen LogP contribution in [0.15, 0.2) is 22.7 Å². The third kappa shape index (κ3) is 3.72. The molecule has 0 amide bonds. The van der Waals surface area contributed by atoms with E-state index in [2.05, 4.69) is 73.8 Å². The molecule has 0 aliphatic carbocycles. The molecule has 1 rings (SSSR count). The summed E-state index contributed by atoms with van der Waals surface area (Å²) >= 11 is 3.63. The maximum atomic E-state index is 5.60. The third-order valence-electron chi connectivity index (χ3n) is 3.69. The van der Waals surface area contributed by atoms with Gasteiger partial charge in [0.1, 0.15) is 0 Å². The van der Waals surface area contributed by atoms with Crippen LogP contribution in [0.4, 0.5) is 5.69 Å². The van der Waals surface area contributed by atoms with Gasteiger partial charge in [0.15, 0.2) is 0 Å². The van der Waals surface area contributed by atoms with E-state index < -0.39 is 0 Å². The third-order valence-corrected chi connectivity index (χ3v) is 4.43. The Labute approximate surface area is 120 Å². The molecule has 0 aromatic heterocycles. The van der Waals surface area contributed by atoms with E-state index >= 15 is 0 Å². The smallest absolute Gasteiger partial charge is 0.0377 e. The monoisotopic (exact) mass is 312 g/mol. The van der Waals surface area contributed by atoms with E-state index in [4.69, 9.17) is 5.73 Å². The van der Waals surface area contributed by atoms with E-state index in [1.54, 1.807) is 0 Å². The van der Waals surface area contributed by atoms with Crippen molar-refractivity contribution in [3.8, 4) is 0 Å². The fraction of sp³-hybridized carbons (Fsp3) is 0.600. The molecule has 18 heavy (non-hydrogen) atoms. The lowest BCUT2D eigenvalue weighted by Gasteiger charge is -2.37. The minimum atomic E-state index is 0.261. The number of anilines is 1. The Hall–Kier alpha value is -0.540. The molecule has 1 aromatic carbocycles. The summed E-state index contributed by atoms with van der Waals surface area (Å²) in [5.74, 6) is 0. The van der Waals surface area contributed by atoms with Gasteiger partial charge in [-0.25, -0.2) is 0 Å². The first-order chi connectivity index (χ1) is 8.27. The second kappa shape index (κ2) is 6.07. The Balaban J connectivity index is 2.94. The minimum absolute atomic E-state index is 0.261. The van der Waals surface area contributed by atoms with Gasteiger partial charge in [-0.15, -0.1) is 0 Å². The van der Waals surface area contributed by atoms with E-state index in [0.29, 0.717) is 12.6 Å². The number of nitrogens with two attached hydrogens (primary N) is 1. The molecule has 0 radical (unpaired) electrons. The zero-order valence-electron chi connectivity index (χ0n) is 12.1. The standard InChI is InChI=1S/C15H25BrN2/c1-11(15(2,3)4)18(5)13-7-6-12(8-9-17)14(16)10-13/h6-7,10-11H,8-9,17H2,1-5H3. The molecule has 1 unspecified atom stereocenters. The van der Waals surface area contributed by atoms with Gasteiger partial charge in [-0.05, 0) is 43.0 Å². The fourth-order valence-electron chi connectivity index (χ4n) is 1.92. The van der Waals surface area contributed by atoms with Gasteiger partial charge in [0.25, 0.3) is 0 Å². The van der Waals surface area contributed by atoms with Crippen molar-refractivity contribution in [1.82, 2.24) is 0 Å². The highest BCUT2D eigenvalue weighted by Gasteiger charge is 2.24. The molecule has 0 fully saturated rings. The van der Waals surface area contributed by atoms with Gasteiger partial charge >= 0.3 is 0 Å². The van der Waals surface area contributed by atoms with Gasteiger partial charge in [0, 0.05) is 23.2 Å². The molecule has 1 atom stereocenters. The summed E-state index contributed by atoms with van der Waals surface area (Å²) < 4.78 is 1.15. The summed E-state index contributed by atoms with van der Waals surface area (Å²) in [6, 6.07) is 7.01. The maximum absolute atomic E-state index is 5.60. The molecule has 2 nitrogen and oxygen atoms in total. The molecule has 0 saturated carbocycles. The van der Waals surface area contributed by atoms with Crippen LogP contribution < -0.4 is 10.6 Å². The number of halogens is 1. The van der Waals surface area contributed by atoms with Gasteiger partial charge in [0.2, 0.25) is 0 Å². The number of nitrogens with zero attached hydrogens (tertiary/aromatic N) is 1. The van der Waals surface area contributed by atoms with Crippen LogP contribution in [0.25, 0.3) is 0 Å². The van der Waals surface area contributed by atoms with E-state index in [9.17, 15) is 0 Å². The van der Waals surface area contributed by atoms with Crippen LogP contribution in [0.2, 0.25) is 0 Å². The van der Waals surface area contributed by atoms with Crippen LogP contribution in [0.3, 0.4) is 0 Å². The van der Waals surface area contributed by atoms with Crippen molar-refractivity contribution in [2.75, 3.05) is 18.5 Å². The van der Waals surface area contributed by atoms with Crippen molar-refractivity contribution < 1.29 is 0 Å². The van der Waals surface area contributed by atoms with Gasteiger partial charge in [-0.3, -0.25) is 0 Å². The van der Waals surface area contributed by atoms with Crippen LogP contribution in [0, 0.1) is 5.41 Å². The summed E-state index contributed by atoms with van der Waals surface area (Å²) in [7, 11) is 2.15. The maximum Gasteiger partial charge on any atom is 0.0377 e. The highest BCUT2D eigenvalue weighted by molar-refractivity contribution is 9.10. The van der Waals surface area contributed by atoms with Crippen molar-refractivity contribution in [3.05, 3.63) is 28.2 Å². The fourth-order valence-corrected chi connectivity index (χ4v) is 2.48. The van der Waals surface area contributed by atoms with Crippen molar-refractivity contribution in [3.63, 3.8) is 0 Å². The largest absolute Gasteiger partial charge is 0.371 e. The van der Waals surface area contributed by atoms with Crippen LogP contribution in [-0.4, -0.2) is 19.6 Å². The van der Waals surface area contributed by atoms with Gasteiger partial charge in [-0.1, -0.05) is 42.8 Å². The number of hydrogen-bond acceptors (Lipinski definition) is 2. The van der Waals surface area contributed by atoms with Crippen LogP contribution in [-0.2, 0) is 6.42 Å². The van der Waals surface area contributed by atoms with E-state index in [1.165, 1.54) is 11.3 Å². The quantitative estimate of drug-likeness (QED) is 0.915. The lowest BCUT2D eigenvalue weighted by Crippen LogP contribution is -2.39. The molecule has 0 bridgehead atoms. The molecular formula is C15H25BrN2. The molecule has 0 spiro atoms. The van der Waals surface area contributed by atoms with Crippen LogP contribution in [0.5, 0.6) is 0 Å². The van der Waals surface area contributed by atoms with Crippen molar-refractivity contribution in [1.29, 1.82) is 0 Å². The molecule has 0 aliphatic heterocycles. The van der Waals surface area contributed by atoms with Gasteiger partial charge < -0.3 is 10.6 Å². The summed E-state index contributed by atoms with van der Waals surface area (Å²) in [6.07, 6.45) is 0.916. The van der Waals surface area contributed by atoms with E-state index in [0.717, 1.165) is 10.9 Å².